The van der Waals surface area contributed by atoms with Crippen molar-refractivity contribution in [1.29, 1.82) is 0 Å². The van der Waals surface area contributed by atoms with Crippen LogP contribution in [0.5, 0.6) is 0 Å². The van der Waals surface area contributed by atoms with E-state index in [9.17, 15) is 4.79 Å². The highest BCUT2D eigenvalue weighted by Crippen LogP contribution is 2.29. The molecule has 0 aromatic carbocycles. The lowest BCUT2D eigenvalue weighted by Gasteiger charge is -2.14. The molecule has 3 rings (SSSR count). The third kappa shape index (κ3) is 2.34. The summed E-state index contributed by atoms with van der Waals surface area (Å²) in [7, 11) is 0. The zero-order valence-electron chi connectivity index (χ0n) is 11.0. The largest absolute Gasteiger partial charge is 0.367 e. The number of nitrogens with zero attached hydrogens (tertiary/aromatic N) is 3. The molecule has 0 radical (unpaired) electrons. The maximum absolute atomic E-state index is 11.5. The van der Waals surface area contributed by atoms with E-state index in [1.165, 1.54) is 23.7 Å². The second-order valence-electron chi connectivity index (χ2n) is 4.92. The van der Waals surface area contributed by atoms with Gasteiger partial charge in [-0.3, -0.25) is 0 Å². The first-order valence-electron chi connectivity index (χ1n) is 6.41. The molecular formula is C12H17N5OS. The molecule has 0 bridgehead atoms. The van der Waals surface area contributed by atoms with Crippen LogP contribution in [0.3, 0.4) is 0 Å². The van der Waals surface area contributed by atoms with Crippen molar-refractivity contribution in [3.8, 4) is 0 Å². The van der Waals surface area contributed by atoms with Gasteiger partial charge in [0.05, 0.1) is 0 Å². The average molecular weight is 279 g/mol. The number of fused-ring (bicyclic) bond motifs is 1. The molecule has 0 amide bonds. The van der Waals surface area contributed by atoms with Crippen LogP contribution in [0.25, 0.3) is 5.65 Å². The summed E-state index contributed by atoms with van der Waals surface area (Å²) in [6, 6.07) is 2.29. The Morgan fingerprint density at radius 1 is 1.53 bits per heavy atom. The molecule has 102 valence electrons. The SMILES string of the molecule is CSC1CCC(Nc2cc3n[nH]c(=O)n3c(C)n2)C1. The monoisotopic (exact) mass is 279 g/mol. The Balaban J connectivity index is 1.84. The van der Waals surface area contributed by atoms with E-state index in [2.05, 4.69) is 26.8 Å². The number of rotatable bonds is 3. The minimum Gasteiger partial charge on any atom is -0.367 e. The van der Waals surface area contributed by atoms with E-state index in [1.807, 2.05) is 24.8 Å². The van der Waals surface area contributed by atoms with Crippen LogP contribution in [0, 0.1) is 6.92 Å². The van der Waals surface area contributed by atoms with Crippen molar-refractivity contribution in [3.05, 3.63) is 22.4 Å². The fourth-order valence-corrected chi connectivity index (χ4v) is 3.46. The number of H-pyrrole nitrogens is 1. The van der Waals surface area contributed by atoms with Gasteiger partial charge in [0.1, 0.15) is 11.6 Å². The maximum Gasteiger partial charge on any atom is 0.349 e. The van der Waals surface area contributed by atoms with E-state index in [0.29, 0.717) is 17.5 Å². The molecule has 2 aromatic rings. The van der Waals surface area contributed by atoms with Gasteiger partial charge < -0.3 is 5.32 Å². The van der Waals surface area contributed by atoms with E-state index in [4.69, 9.17) is 0 Å². The average Bonchev–Trinajstić information content (AvgIpc) is 2.97. The lowest BCUT2D eigenvalue weighted by Crippen LogP contribution is -2.19. The molecule has 2 atom stereocenters. The first-order valence-corrected chi connectivity index (χ1v) is 7.70. The number of aromatic amines is 1. The minimum atomic E-state index is -0.241. The molecule has 1 aliphatic rings. The van der Waals surface area contributed by atoms with Crippen molar-refractivity contribution >= 4 is 23.2 Å². The fraction of sp³-hybridized carbons (Fsp3) is 0.583. The van der Waals surface area contributed by atoms with Crippen molar-refractivity contribution < 1.29 is 0 Å². The first kappa shape index (κ1) is 12.5. The van der Waals surface area contributed by atoms with Gasteiger partial charge in [0.25, 0.3) is 0 Å². The number of hydrogen-bond donors (Lipinski definition) is 2. The van der Waals surface area contributed by atoms with Crippen molar-refractivity contribution in [1.82, 2.24) is 19.6 Å². The quantitative estimate of drug-likeness (QED) is 0.889. The predicted octanol–water partition coefficient (Wildman–Crippen LogP) is 1.42. The summed E-state index contributed by atoms with van der Waals surface area (Å²) >= 11 is 1.93. The minimum absolute atomic E-state index is 0.241. The lowest BCUT2D eigenvalue weighted by molar-refractivity contribution is 0.749. The summed E-state index contributed by atoms with van der Waals surface area (Å²) < 4.78 is 1.48. The Morgan fingerprint density at radius 2 is 2.37 bits per heavy atom. The zero-order chi connectivity index (χ0) is 13.4. The van der Waals surface area contributed by atoms with Crippen LogP contribution >= 0.6 is 11.8 Å². The van der Waals surface area contributed by atoms with Crippen molar-refractivity contribution in [2.75, 3.05) is 11.6 Å². The van der Waals surface area contributed by atoms with Gasteiger partial charge >= 0.3 is 5.69 Å². The number of aromatic nitrogens is 4. The summed E-state index contributed by atoms with van der Waals surface area (Å²) in [5.41, 5.74) is 0.370. The van der Waals surface area contributed by atoms with Crippen LogP contribution in [-0.4, -0.2) is 37.1 Å². The second kappa shape index (κ2) is 4.88. The molecule has 1 aliphatic carbocycles. The van der Waals surface area contributed by atoms with Crippen molar-refractivity contribution in [3.63, 3.8) is 0 Å². The zero-order valence-corrected chi connectivity index (χ0v) is 11.8. The van der Waals surface area contributed by atoms with E-state index in [0.717, 1.165) is 11.1 Å². The van der Waals surface area contributed by atoms with Gasteiger partial charge in [-0.1, -0.05) is 0 Å². The molecule has 2 aromatic heterocycles. The molecule has 2 heterocycles. The summed E-state index contributed by atoms with van der Waals surface area (Å²) in [5.74, 6) is 1.45. The highest BCUT2D eigenvalue weighted by atomic mass is 32.2. The number of aryl methyl sites for hydroxylation is 1. The molecule has 2 unspecified atom stereocenters. The number of hydrogen-bond acceptors (Lipinski definition) is 5. The topological polar surface area (TPSA) is 75.1 Å². The van der Waals surface area contributed by atoms with Gasteiger partial charge in [-0.15, -0.1) is 0 Å². The van der Waals surface area contributed by atoms with E-state index < -0.39 is 0 Å². The van der Waals surface area contributed by atoms with Crippen LogP contribution in [0.1, 0.15) is 25.1 Å². The molecule has 6 nitrogen and oxygen atoms in total. The van der Waals surface area contributed by atoms with E-state index >= 15 is 0 Å². The summed E-state index contributed by atoms with van der Waals surface area (Å²) in [6.45, 7) is 1.81. The Kier molecular flexibility index (Phi) is 3.22. The third-order valence-electron chi connectivity index (χ3n) is 3.64. The molecular weight excluding hydrogens is 262 g/mol. The van der Waals surface area contributed by atoms with Gasteiger partial charge in [-0.2, -0.15) is 16.9 Å². The second-order valence-corrected chi connectivity index (χ2v) is 6.06. The molecule has 1 fully saturated rings. The number of thioether (sulfide) groups is 1. The highest BCUT2D eigenvalue weighted by molar-refractivity contribution is 7.99. The van der Waals surface area contributed by atoms with Crippen LogP contribution in [0.2, 0.25) is 0 Å². The standard InChI is InChI=1S/C12H17N5OS/c1-7-13-10(6-11-15-16-12(18)17(7)11)14-8-3-4-9(5-8)19-2/h6,8-9,14H,3-5H2,1-2H3,(H,16,18). The Hall–Kier alpha value is -1.50. The van der Waals surface area contributed by atoms with Crippen LogP contribution in [-0.2, 0) is 0 Å². The van der Waals surface area contributed by atoms with E-state index in [-0.39, 0.29) is 5.69 Å². The molecule has 0 spiro atoms. The lowest BCUT2D eigenvalue weighted by atomic mass is 10.2. The molecule has 7 heteroatoms. The number of nitrogens with one attached hydrogen (secondary N) is 2. The Morgan fingerprint density at radius 3 is 3.11 bits per heavy atom. The van der Waals surface area contributed by atoms with Gasteiger partial charge in [-0.25, -0.2) is 19.3 Å². The van der Waals surface area contributed by atoms with Gasteiger partial charge in [0, 0.05) is 17.4 Å². The molecule has 19 heavy (non-hydrogen) atoms. The summed E-state index contributed by atoms with van der Waals surface area (Å²) in [4.78, 5) is 16.0. The van der Waals surface area contributed by atoms with Gasteiger partial charge in [0.2, 0.25) is 0 Å². The van der Waals surface area contributed by atoms with Crippen LogP contribution in [0.15, 0.2) is 10.9 Å². The summed E-state index contributed by atoms with van der Waals surface area (Å²) in [6.07, 6.45) is 5.75. The molecule has 0 aliphatic heterocycles. The molecule has 0 saturated heterocycles. The number of anilines is 1. The van der Waals surface area contributed by atoms with Crippen LogP contribution < -0.4 is 11.0 Å². The maximum atomic E-state index is 11.5. The van der Waals surface area contributed by atoms with Crippen LogP contribution in [0.4, 0.5) is 5.82 Å². The summed E-state index contributed by atoms with van der Waals surface area (Å²) in [5, 5.41) is 10.6. The molecule has 1 saturated carbocycles. The highest BCUT2D eigenvalue weighted by Gasteiger charge is 2.24. The Bertz CT molecular complexity index is 649. The van der Waals surface area contributed by atoms with Crippen molar-refractivity contribution in [2.24, 2.45) is 0 Å². The van der Waals surface area contributed by atoms with Crippen molar-refractivity contribution in [2.45, 2.75) is 37.5 Å². The van der Waals surface area contributed by atoms with Gasteiger partial charge in [-0.05, 0) is 32.4 Å². The fourth-order valence-electron chi connectivity index (χ4n) is 2.67. The van der Waals surface area contributed by atoms with E-state index in [1.54, 1.807) is 0 Å². The first-order chi connectivity index (χ1) is 9.17. The molecule has 2 N–H and O–H groups in total. The smallest absolute Gasteiger partial charge is 0.349 e. The Labute approximate surface area is 115 Å². The predicted molar refractivity (Wildman–Crippen MR) is 76.9 cm³/mol. The normalized spacial score (nSPS) is 23.1. The van der Waals surface area contributed by atoms with Gasteiger partial charge in [0.15, 0.2) is 5.65 Å². The third-order valence-corrected chi connectivity index (χ3v) is 4.73.